The molecule has 0 spiro atoms. The van der Waals surface area contributed by atoms with Crippen molar-refractivity contribution in [2.24, 2.45) is 5.73 Å². The number of nitrogens with two attached hydrogens (primary N) is 1. The molecule has 4 heteroatoms. The lowest BCUT2D eigenvalue weighted by molar-refractivity contribution is -0.120. The van der Waals surface area contributed by atoms with Crippen LogP contribution in [0.15, 0.2) is 54.6 Å². The first-order valence-corrected chi connectivity index (χ1v) is 7.10. The first kappa shape index (κ1) is 13.6. The quantitative estimate of drug-likeness (QED) is 0.856. The van der Waals surface area contributed by atoms with Crippen LogP contribution in [0.1, 0.15) is 24.4 Å². The molecular weight excluding hydrogens is 264 g/mol. The van der Waals surface area contributed by atoms with Gasteiger partial charge in [0.05, 0.1) is 0 Å². The molecule has 1 unspecified atom stereocenters. The molecule has 0 heterocycles. The van der Waals surface area contributed by atoms with Crippen molar-refractivity contribution in [1.82, 2.24) is 5.32 Å². The summed E-state index contributed by atoms with van der Waals surface area (Å²) in [6.07, 6.45) is 2.20. The molecule has 0 aliphatic heterocycles. The maximum Gasteiger partial charge on any atom is 0.239 e. The summed E-state index contributed by atoms with van der Waals surface area (Å²) < 4.78 is 5.79. The van der Waals surface area contributed by atoms with E-state index < -0.39 is 6.04 Å². The van der Waals surface area contributed by atoms with Gasteiger partial charge < -0.3 is 10.5 Å². The molecule has 2 aromatic rings. The van der Waals surface area contributed by atoms with Gasteiger partial charge in [0.1, 0.15) is 17.5 Å². The fourth-order valence-electron chi connectivity index (χ4n) is 2.21. The van der Waals surface area contributed by atoms with E-state index in [2.05, 4.69) is 5.32 Å². The summed E-state index contributed by atoms with van der Waals surface area (Å²) in [5.41, 5.74) is 6.34. The number of hydrogen-bond donors (Lipinski definition) is 2. The number of rotatable bonds is 6. The van der Waals surface area contributed by atoms with Crippen molar-refractivity contribution < 1.29 is 9.53 Å². The molecule has 1 amide bonds. The number of amides is 1. The van der Waals surface area contributed by atoms with E-state index in [9.17, 15) is 4.79 Å². The van der Waals surface area contributed by atoms with Gasteiger partial charge in [0, 0.05) is 6.04 Å². The van der Waals surface area contributed by atoms with Crippen molar-refractivity contribution in [3.05, 3.63) is 60.2 Å². The Bertz CT molecular complexity index is 624. The number of ether oxygens (including phenoxy) is 1. The maximum atomic E-state index is 11.7. The molecule has 108 valence electrons. The molecule has 0 aromatic heterocycles. The molecule has 1 saturated carbocycles. The summed E-state index contributed by atoms with van der Waals surface area (Å²) in [6, 6.07) is 17.0. The molecular formula is C17H18N2O2. The number of carbonyl (C=O) groups excluding carboxylic acids is 1. The van der Waals surface area contributed by atoms with Gasteiger partial charge in [0.2, 0.25) is 5.91 Å². The lowest BCUT2D eigenvalue weighted by Crippen LogP contribution is -2.34. The molecule has 3 rings (SSSR count). The summed E-state index contributed by atoms with van der Waals surface area (Å²) in [6.45, 7) is 0. The molecule has 1 aliphatic rings. The van der Waals surface area contributed by atoms with Crippen molar-refractivity contribution in [2.75, 3.05) is 0 Å². The van der Waals surface area contributed by atoms with Gasteiger partial charge in [0.25, 0.3) is 0 Å². The predicted molar refractivity (Wildman–Crippen MR) is 81.1 cm³/mol. The van der Waals surface area contributed by atoms with E-state index in [0.29, 0.717) is 11.8 Å². The zero-order valence-electron chi connectivity index (χ0n) is 11.7. The Kier molecular flexibility index (Phi) is 3.88. The van der Waals surface area contributed by atoms with Crippen LogP contribution in [0.3, 0.4) is 0 Å². The second-order valence-electron chi connectivity index (χ2n) is 5.26. The molecule has 1 fully saturated rings. The molecule has 1 atom stereocenters. The monoisotopic (exact) mass is 282 g/mol. The van der Waals surface area contributed by atoms with Gasteiger partial charge in [-0.1, -0.05) is 30.3 Å². The lowest BCUT2D eigenvalue weighted by atomic mass is 10.1. The average molecular weight is 282 g/mol. The van der Waals surface area contributed by atoms with E-state index in [4.69, 9.17) is 10.5 Å². The van der Waals surface area contributed by atoms with Crippen LogP contribution < -0.4 is 15.8 Å². The Balaban J connectivity index is 1.79. The number of carbonyl (C=O) groups is 1. The second-order valence-corrected chi connectivity index (χ2v) is 5.26. The maximum absolute atomic E-state index is 11.7. The van der Waals surface area contributed by atoms with Gasteiger partial charge in [-0.2, -0.15) is 0 Å². The number of nitrogens with one attached hydrogen (secondary N) is 1. The molecule has 21 heavy (non-hydrogen) atoms. The Labute approximate surface area is 123 Å². The lowest BCUT2D eigenvalue weighted by Gasteiger charge is -2.16. The highest BCUT2D eigenvalue weighted by atomic mass is 16.5. The standard InChI is InChI=1S/C17H18N2O2/c18-17(20)16(19-13-9-10-13)12-5-4-8-15(11-12)21-14-6-2-1-3-7-14/h1-8,11,13,16,19H,9-10H2,(H2,18,20). The summed E-state index contributed by atoms with van der Waals surface area (Å²) in [5.74, 6) is 1.10. The van der Waals surface area contributed by atoms with E-state index in [0.717, 1.165) is 24.2 Å². The highest BCUT2D eigenvalue weighted by Gasteiger charge is 2.28. The number of hydrogen-bond acceptors (Lipinski definition) is 3. The zero-order valence-corrected chi connectivity index (χ0v) is 11.7. The zero-order chi connectivity index (χ0) is 14.7. The largest absolute Gasteiger partial charge is 0.457 e. The van der Waals surface area contributed by atoms with E-state index >= 15 is 0 Å². The molecule has 0 radical (unpaired) electrons. The normalized spacial score (nSPS) is 15.4. The average Bonchev–Trinajstić information content (AvgIpc) is 3.30. The predicted octanol–water partition coefficient (Wildman–Crippen LogP) is 2.76. The van der Waals surface area contributed by atoms with E-state index in [1.807, 2.05) is 54.6 Å². The van der Waals surface area contributed by atoms with Crippen LogP contribution >= 0.6 is 0 Å². The summed E-state index contributed by atoms with van der Waals surface area (Å²) in [5, 5.41) is 3.27. The molecule has 0 saturated heterocycles. The van der Waals surface area contributed by atoms with Gasteiger partial charge in [-0.3, -0.25) is 10.1 Å². The Morgan fingerprint density at radius 3 is 2.48 bits per heavy atom. The van der Waals surface area contributed by atoms with Crippen molar-refractivity contribution in [3.63, 3.8) is 0 Å². The van der Waals surface area contributed by atoms with E-state index in [-0.39, 0.29) is 5.91 Å². The minimum atomic E-state index is -0.461. The molecule has 3 N–H and O–H groups in total. The highest BCUT2D eigenvalue weighted by molar-refractivity contribution is 5.81. The van der Waals surface area contributed by atoms with Gasteiger partial charge in [0.15, 0.2) is 0 Å². The van der Waals surface area contributed by atoms with E-state index in [1.54, 1.807) is 0 Å². The summed E-state index contributed by atoms with van der Waals surface area (Å²) >= 11 is 0. The van der Waals surface area contributed by atoms with Gasteiger partial charge in [-0.25, -0.2) is 0 Å². The minimum Gasteiger partial charge on any atom is -0.457 e. The SMILES string of the molecule is NC(=O)C(NC1CC1)c1cccc(Oc2ccccc2)c1. The first-order chi connectivity index (χ1) is 10.2. The Morgan fingerprint density at radius 1 is 1.10 bits per heavy atom. The first-order valence-electron chi connectivity index (χ1n) is 7.10. The van der Waals surface area contributed by atoms with Crippen molar-refractivity contribution in [3.8, 4) is 11.5 Å². The highest BCUT2D eigenvalue weighted by Crippen LogP contribution is 2.27. The van der Waals surface area contributed by atoms with Gasteiger partial charge in [-0.15, -0.1) is 0 Å². The molecule has 0 bridgehead atoms. The van der Waals surface area contributed by atoms with Crippen LogP contribution in [0, 0.1) is 0 Å². The number of primary amides is 1. The van der Waals surface area contributed by atoms with E-state index in [1.165, 1.54) is 0 Å². The van der Waals surface area contributed by atoms with Crippen LogP contribution in [0.25, 0.3) is 0 Å². The Hall–Kier alpha value is -2.33. The fraction of sp³-hybridized carbons (Fsp3) is 0.235. The van der Waals surface area contributed by atoms with Crippen molar-refractivity contribution in [2.45, 2.75) is 24.9 Å². The fourth-order valence-corrected chi connectivity index (χ4v) is 2.21. The number of para-hydroxylation sites is 1. The smallest absolute Gasteiger partial charge is 0.239 e. The third-order valence-electron chi connectivity index (χ3n) is 3.43. The minimum absolute atomic E-state index is 0.362. The second kappa shape index (κ2) is 5.97. The van der Waals surface area contributed by atoms with Crippen LogP contribution in [-0.2, 0) is 4.79 Å². The topological polar surface area (TPSA) is 64.4 Å². The third kappa shape index (κ3) is 3.61. The van der Waals surface area contributed by atoms with Gasteiger partial charge >= 0.3 is 0 Å². The summed E-state index contributed by atoms with van der Waals surface area (Å²) in [7, 11) is 0. The van der Waals surface area contributed by atoms with Gasteiger partial charge in [-0.05, 0) is 42.7 Å². The number of benzene rings is 2. The van der Waals surface area contributed by atoms with Crippen LogP contribution in [0.4, 0.5) is 0 Å². The van der Waals surface area contributed by atoms with Crippen LogP contribution in [0.2, 0.25) is 0 Å². The Morgan fingerprint density at radius 2 is 1.81 bits per heavy atom. The van der Waals surface area contributed by atoms with Crippen LogP contribution in [-0.4, -0.2) is 11.9 Å². The molecule has 1 aliphatic carbocycles. The third-order valence-corrected chi connectivity index (χ3v) is 3.43. The van der Waals surface area contributed by atoms with Crippen molar-refractivity contribution >= 4 is 5.91 Å². The van der Waals surface area contributed by atoms with Crippen molar-refractivity contribution in [1.29, 1.82) is 0 Å². The van der Waals surface area contributed by atoms with Crippen LogP contribution in [0.5, 0.6) is 11.5 Å². The molecule has 4 nitrogen and oxygen atoms in total. The molecule has 2 aromatic carbocycles. The summed E-state index contributed by atoms with van der Waals surface area (Å²) in [4.78, 5) is 11.7.